The Morgan fingerprint density at radius 3 is 2.06 bits per heavy atom. The molecule has 4 fully saturated rings. The van der Waals surface area contributed by atoms with E-state index in [0.717, 1.165) is 29.0 Å². The second-order valence-electron chi connectivity index (χ2n) is 17.2. The summed E-state index contributed by atoms with van der Waals surface area (Å²) in [6.45, 7) is 9.69. The Morgan fingerprint density at radius 2 is 1.29 bits per heavy atom. The largest absolute Gasteiger partial charge is 0.457 e. The third-order valence-corrected chi connectivity index (χ3v) is 13.8. The summed E-state index contributed by atoms with van der Waals surface area (Å²) in [6, 6.07) is 43.4. The van der Waals surface area contributed by atoms with E-state index in [1.165, 1.54) is 83.3 Å². The molecule has 1 aliphatic heterocycles. The maximum atomic E-state index is 7.06. The molecule has 0 aromatic heterocycles. The molecule has 49 heavy (non-hydrogen) atoms. The average Bonchev–Trinajstić information content (AvgIpc) is 3.53. The SMILES string of the molecule is CC1(C)CCC(C)(C)c2cc(N(c3ccccc3)c3cc4c(cc3-c3ccccc3)C3(c5ccccc5O4)C4CC5CC(C4)C3C5)ccc21. The Bertz CT molecular complexity index is 2090. The van der Waals surface area contributed by atoms with Crippen LogP contribution in [0, 0.1) is 23.7 Å². The Hall–Kier alpha value is -4.30. The van der Waals surface area contributed by atoms with Crippen LogP contribution in [-0.4, -0.2) is 0 Å². The molecule has 2 heteroatoms. The third-order valence-electron chi connectivity index (χ3n) is 13.8. The first-order chi connectivity index (χ1) is 23.7. The van der Waals surface area contributed by atoms with Gasteiger partial charge in [-0.3, -0.25) is 0 Å². The molecular formula is C47H47NO. The second-order valence-corrected chi connectivity index (χ2v) is 17.2. The predicted molar refractivity (Wildman–Crippen MR) is 202 cm³/mol. The van der Waals surface area contributed by atoms with Gasteiger partial charge in [-0.25, -0.2) is 0 Å². The Balaban J connectivity index is 1.25. The van der Waals surface area contributed by atoms with Gasteiger partial charge in [0, 0.05) is 39.5 Å². The molecule has 1 spiro atoms. The number of ether oxygens (including phenoxy) is 1. The Labute approximate surface area is 292 Å². The minimum atomic E-state index is 0.0168. The van der Waals surface area contributed by atoms with E-state index < -0.39 is 0 Å². The molecule has 0 saturated heterocycles. The van der Waals surface area contributed by atoms with Gasteiger partial charge in [-0.1, -0.05) is 100 Å². The summed E-state index contributed by atoms with van der Waals surface area (Å²) in [6.07, 6.45) is 7.87. The Morgan fingerprint density at radius 1 is 0.571 bits per heavy atom. The van der Waals surface area contributed by atoms with Crippen molar-refractivity contribution in [2.45, 2.75) is 82.5 Å². The summed E-state index contributed by atoms with van der Waals surface area (Å²) >= 11 is 0. The zero-order chi connectivity index (χ0) is 33.1. The topological polar surface area (TPSA) is 12.5 Å². The van der Waals surface area contributed by atoms with Crippen molar-refractivity contribution in [1.82, 2.24) is 0 Å². The summed E-state index contributed by atoms with van der Waals surface area (Å²) < 4.78 is 7.06. The minimum Gasteiger partial charge on any atom is -0.457 e. The van der Waals surface area contributed by atoms with Gasteiger partial charge in [-0.15, -0.1) is 0 Å². The number of benzene rings is 5. The first-order valence-electron chi connectivity index (χ1n) is 18.8. The number of rotatable bonds is 4. The van der Waals surface area contributed by atoms with E-state index in [4.69, 9.17) is 4.74 Å². The van der Waals surface area contributed by atoms with Gasteiger partial charge in [-0.2, -0.15) is 0 Å². The highest BCUT2D eigenvalue weighted by Gasteiger charge is 2.65. The van der Waals surface area contributed by atoms with Crippen LogP contribution in [0.25, 0.3) is 11.1 Å². The van der Waals surface area contributed by atoms with Crippen LogP contribution in [-0.2, 0) is 16.2 Å². The van der Waals surface area contributed by atoms with Crippen LogP contribution in [0.15, 0.2) is 115 Å². The third kappa shape index (κ3) is 4.19. The van der Waals surface area contributed by atoms with Gasteiger partial charge in [0.2, 0.25) is 0 Å². The summed E-state index contributed by atoms with van der Waals surface area (Å²) in [7, 11) is 0. The molecule has 0 radical (unpaired) electrons. The lowest BCUT2D eigenvalue weighted by molar-refractivity contribution is 0.173. The highest BCUT2D eigenvalue weighted by Crippen LogP contribution is 2.73. The van der Waals surface area contributed by atoms with Crippen molar-refractivity contribution in [1.29, 1.82) is 0 Å². The van der Waals surface area contributed by atoms with Gasteiger partial charge in [0.15, 0.2) is 0 Å². The van der Waals surface area contributed by atoms with E-state index in [9.17, 15) is 0 Å². The van der Waals surface area contributed by atoms with E-state index in [1.807, 2.05) is 0 Å². The normalized spacial score (nSPS) is 27.7. The van der Waals surface area contributed by atoms with E-state index in [2.05, 4.69) is 148 Å². The summed E-state index contributed by atoms with van der Waals surface area (Å²) in [4.78, 5) is 2.50. The molecule has 11 rings (SSSR count). The highest BCUT2D eigenvalue weighted by atomic mass is 16.5. The molecule has 6 aliphatic rings. The van der Waals surface area contributed by atoms with Crippen LogP contribution in [0.2, 0.25) is 0 Å². The molecule has 5 aromatic rings. The fourth-order valence-corrected chi connectivity index (χ4v) is 11.5. The molecule has 4 bridgehead atoms. The van der Waals surface area contributed by atoms with Gasteiger partial charge in [0.1, 0.15) is 11.5 Å². The lowest BCUT2D eigenvalue weighted by Crippen LogP contribution is -2.44. The van der Waals surface area contributed by atoms with Crippen LogP contribution in [0.3, 0.4) is 0 Å². The van der Waals surface area contributed by atoms with Gasteiger partial charge in [0.25, 0.3) is 0 Å². The summed E-state index contributed by atoms with van der Waals surface area (Å²) in [5.41, 5.74) is 12.2. The highest BCUT2D eigenvalue weighted by molar-refractivity contribution is 5.90. The van der Waals surface area contributed by atoms with Crippen molar-refractivity contribution < 1.29 is 4.74 Å². The quantitative estimate of drug-likeness (QED) is 0.194. The summed E-state index contributed by atoms with van der Waals surface area (Å²) in [5, 5.41) is 0. The molecule has 5 aliphatic carbocycles. The fourth-order valence-electron chi connectivity index (χ4n) is 11.5. The second kappa shape index (κ2) is 10.4. The lowest BCUT2D eigenvalue weighted by atomic mass is 9.56. The van der Waals surface area contributed by atoms with Crippen LogP contribution in [0.4, 0.5) is 17.1 Å². The van der Waals surface area contributed by atoms with Crippen molar-refractivity contribution in [2.24, 2.45) is 23.7 Å². The lowest BCUT2D eigenvalue weighted by Gasteiger charge is -2.49. The average molecular weight is 642 g/mol. The molecular weight excluding hydrogens is 595 g/mol. The smallest absolute Gasteiger partial charge is 0.133 e. The van der Waals surface area contributed by atoms with Crippen molar-refractivity contribution in [2.75, 3.05) is 4.90 Å². The molecule has 4 saturated carbocycles. The molecule has 0 N–H and O–H groups in total. The number of hydrogen-bond acceptors (Lipinski definition) is 2. The minimum absolute atomic E-state index is 0.0168. The molecule has 1 heterocycles. The predicted octanol–water partition coefficient (Wildman–Crippen LogP) is 12.6. The zero-order valence-electron chi connectivity index (χ0n) is 29.4. The Kier molecular flexibility index (Phi) is 6.26. The van der Waals surface area contributed by atoms with Crippen LogP contribution in [0.1, 0.15) is 88.5 Å². The number of nitrogens with zero attached hydrogens (tertiary/aromatic N) is 1. The molecule has 246 valence electrons. The van der Waals surface area contributed by atoms with Crippen molar-refractivity contribution in [3.05, 3.63) is 138 Å². The van der Waals surface area contributed by atoms with Crippen LogP contribution in [0.5, 0.6) is 11.5 Å². The molecule has 5 aromatic carbocycles. The maximum Gasteiger partial charge on any atom is 0.133 e. The molecule has 5 atom stereocenters. The summed E-state index contributed by atoms with van der Waals surface area (Å²) in [5.74, 6) is 5.19. The van der Waals surface area contributed by atoms with Crippen molar-refractivity contribution in [3.63, 3.8) is 0 Å². The van der Waals surface area contributed by atoms with Crippen molar-refractivity contribution >= 4 is 17.1 Å². The zero-order valence-corrected chi connectivity index (χ0v) is 29.4. The first kappa shape index (κ1) is 29.6. The van der Waals surface area contributed by atoms with Gasteiger partial charge < -0.3 is 9.64 Å². The van der Waals surface area contributed by atoms with E-state index in [-0.39, 0.29) is 16.2 Å². The number of fused-ring (bicyclic) bond motifs is 3. The molecule has 0 amide bonds. The van der Waals surface area contributed by atoms with Gasteiger partial charge >= 0.3 is 0 Å². The molecule has 2 nitrogen and oxygen atoms in total. The number of para-hydroxylation sites is 2. The van der Waals surface area contributed by atoms with E-state index in [1.54, 1.807) is 0 Å². The van der Waals surface area contributed by atoms with E-state index >= 15 is 0 Å². The van der Waals surface area contributed by atoms with E-state index in [0.29, 0.717) is 11.8 Å². The van der Waals surface area contributed by atoms with Gasteiger partial charge in [-0.05, 0) is 126 Å². The monoisotopic (exact) mass is 641 g/mol. The number of anilines is 3. The fraction of sp³-hybridized carbons (Fsp3) is 0.362. The van der Waals surface area contributed by atoms with Crippen molar-refractivity contribution in [3.8, 4) is 22.6 Å². The standard InChI is InChI=1S/C47H47NO/c1-45(2)21-22-46(3,4)40-27-35(19-20-37(40)45)48(34-15-9-6-10-16-34)42-29-44-41(28-36(42)31-13-7-5-8-14-31)47(38-17-11-12-18-43(38)49-44)33-24-30-23-32(26-33)39(47)25-30/h5-20,27-30,32-33,39H,21-26H2,1-4H3. The van der Waals surface area contributed by atoms with Crippen LogP contribution < -0.4 is 9.64 Å². The number of hydrogen-bond donors (Lipinski definition) is 0. The van der Waals surface area contributed by atoms with Gasteiger partial charge in [0.05, 0.1) is 5.69 Å². The maximum absolute atomic E-state index is 7.06. The molecule has 5 unspecified atom stereocenters. The van der Waals surface area contributed by atoms with Crippen LogP contribution >= 0.6 is 0 Å². The first-order valence-corrected chi connectivity index (χ1v) is 18.8.